The van der Waals surface area contributed by atoms with Crippen LogP contribution in [0, 0.1) is 0 Å². The van der Waals surface area contributed by atoms with Gasteiger partial charge in [0.05, 0.1) is 0 Å². The number of imidazole rings is 1. The largest absolute Gasteiger partial charge is 0.380 e. The van der Waals surface area contributed by atoms with Crippen LogP contribution in [0.25, 0.3) is 9.40 Å². The van der Waals surface area contributed by atoms with E-state index < -0.39 is 6.10 Å². The Morgan fingerprint density at radius 2 is 2.35 bits per heavy atom. The number of hydrogen-bond acceptors (Lipinski definition) is 4. The third-order valence-electron chi connectivity index (χ3n) is 2.76. The second kappa shape index (κ2) is 4.25. The minimum Gasteiger partial charge on any atom is -0.380 e. The van der Waals surface area contributed by atoms with Crippen LogP contribution in [-0.4, -0.2) is 14.7 Å². The Kier molecular flexibility index (Phi) is 2.74. The number of aliphatic hydroxyl groups excluding tert-OH is 1. The van der Waals surface area contributed by atoms with E-state index in [1.54, 1.807) is 28.9 Å². The van der Waals surface area contributed by atoms with Crippen molar-refractivity contribution in [3.8, 4) is 0 Å². The van der Waals surface area contributed by atoms with Crippen LogP contribution in [0.2, 0.25) is 0 Å². The van der Waals surface area contributed by atoms with E-state index in [0.29, 0.717) is 0 Å². The SMILES string of the molecule is CCn1ccnc1C(O)c1cc2sccc2s1. The Bertz CT molecular complexity index is 609. The van der Waals surface area contributed by atoms with E-state index in [0.717, 1.165) is 17.2 Å². The molecule has 0 radical (unpaired) electrons. The molecule has 0 bridgehead atoms. The van der Waals surface area contributed by atoms with Gasteiger partial charge in [0.15, 0.2) is 0 Å². The van der Waals surface area contributed by atoms with Gasteiger partial charge in [0.2, 0.25) is 0 Å². The average Bonchev–Trinajstić information content (AvgIpc) is 3.02. The van der Waals surface area contributed by atoms with E-state index >= 15 is 0 Å². The first kappa shape index (κ1) is 11.0. The maximum atomic E-state index is 10.3. The van der Waals surface area contributed by atoms with Gasteiger partial charge in [0.25, 0.3) is 0 Å². The lowest BCUT2D eigenvalue weighted by atomic mass is 10.2. The maximum Gasteiger partial charge on any atom is 0.146 e. The van der Waals surface area contributed by atoms with Gasteiger partial charge in [-0.3, -0.25) is 0 Å². The van der Waals surface area contributed by atoms with E-state index in [-0.39, 0.29) is 0 Å². The number of fused-ring (bicyclic) bond motifs is 1. The van der Waals surface area contributed by atoms with Gasteiger partial charge in [-0.1, -0.05) is 0 Å². The number of aliphatic hydroxyl groups is 1. The van der Waals surface area contributed by atoms with Gasteiger partial charge < -0.3 is 9.67 Å². The number of nitrogens with zero attached hydrogens (tertiary/aromatic N) is 2. The van der Waals surface area contributed by atoms with Crippen LogP contribution in [0.5, 0.6) is 0 Å². The summed E-state index contributed by atoms with van der Waals surface area (Å²) in [4.78, 5) is 5.21. The van der Waals surface area contributed by atoms with Gasteiger partial charge in [-0.15, -0.1) is 22.7 Å². The Balaban J connectivity index is 2.01. The number of hydrogen-bond donors (Lipinski definition) is 1. The molecule has 88 valence electrons. The Morgan fingerprint density at radius 3 is 3.12 bits per heavy atom. The van der Waals surface area contributed by atoms with Crippen LogP contribution >= 0.6 is 22.7 Å². The van der Waals surface area contributed by atoms with Gasteiger partial charge in [0.1, 0.15) is 11.9 Å². The summed E-state index contributed by atoms with van der Waals surface area (Å²) < 4.78 is 4.44. The third-order valence-corrected chi connectivity index (χ3v) is 4.91. The quantitative estimate of drug-likeness (QED) is 0.788. The normalized spacial score (nSPS) is 13.3. The summed E-state index contributed by atoms with van der Waals surface area (Å²) in [6.45, 7) is 2.87. The molecule has 3 heterocycles. The minimum atomic E-state index is -0.616. The smallest absolute Gasteiger partial charge is 0.146 e. The van der Waals surface area contributed by atoms with Crippen molar-refractivity contribution >= 4 is 32.1 Å². The van der Waals surface area contributed by atoms with E-state index in [4.69, 9.17) is 0 Å². The first-order valence-electron chi connectivity index (χ1n) is 5.45. The van der Waals surface area contributed by atoms with E-state index in [9.17, 15) is 5.11 Å². The van der Waals surface area contributed by atoms with E-state index in [1.807, 2.05) is 17.7 Å². The van der Waals surface area contributed by atoms with Crippen molar-refractivity contribution in [2.24, 2.45) is 0 Å². The minimum absolute atomic E-state index is 0.616. The maximum absolute atomic E-state index is 10.3. The van der Waals surface area contributed by atoms with Crippen LogP contribution in [0.15, 0.2) is 29.9 Å². The zero-order valence-corrected chi connectivity index (χ0v) is 11.0. The fourth-order valence-electron chi connectivity index (χ4n) is 1.88. The molecule has 0 spiro atoms. The van der Waals surface area contributed by atoms with Crippen LogP contribution in [0.4, 0.5) is 0 Å². The molecule has 17 heavy (non-hydrogen) atoms. The van der Waals surface area contributed by atoms with Crippen molar-refractivity contribution in [3.05, 3.63) is 40.6 Å². The van der Waals surface area contributed by atoms with Crippen molar-refractivity contribution in [2.45, 2.75) is 19.6 Å². The molecular formula is C12H12N2OS2. The molecule has 1 unspecified atom stereocenters. The monoisotopic (exact) mass is 264 g/mol. The summed E-state index contributed by atoms with van der Waals surface area (Å²) in [6, 6.07) is 4.15. The first-order valence-corrected chi connectivity index (χ1v) is 7.15. The van der Waals surface area contributed by atoms with Crippen molar-refractivity contribution in [2.75, 3.05) is 0 Å². The molecule has 3 rings (SSSR count). The molecule has 0 saturated carbocycles. The van der Waals surface area contributed by atoms with Crippen LogP contribution in [0.3, 0.4) is 0 Å². The van der Waals surface area contributed by atoms with Gasteiger partial charge in [0, 0.05) is 33.2 Å². The molecule has 0 aromatic carbocycles. The zero-order chi connectivity index (χ0) is 11.8. The van der Waals surface area contributed by atoms with Crippen LogP contribution < -0.4 is 0 Å². The number of aryl methyl sites for hydroxylation is 1. The highest BCUT2D eigenvalue weighted by Crippen LogP contribution is 2.35. The summed E-state index contributed by atoms with van der Waals surface area (Å²) in [5.74, 6) is 0.724. The molecule has 0 amide bonds. The fraction of sp³-hybridized carbons (Fsp3) is 0.250. The molecule has 1 atom stereocenters. The lowest BCUT2D eigenvalue weighted by molar-refractivity contribution is 0.208. The highest BCUT2D eigenvalue weighted by Gasteiger charge is 2.18. The molecule has 1 N–H and O–H groups in total. The molecule has 5 heteroatoms. The third kappa shape index (κ3) is 1.80. The van der Waals surface area contributed by atoms with Crippen molar-refractivity contribution < 1.29 is 5.11 Å². The topological polar surface area (TPSA) is 38.0 Å². The van der Waals surface area contributed by atoms with Gasteiger partial charge in [-0.2, -0.15) is 0 Å². The second-order valence-electron chi connectivity index (χ2n) is 3.77. The van der Waals surface area contributed by atoms with Crippen molar-refractivity contribution in [3.63, 3.8) is 0 Å². The Hall–Kier alpha value is -1.17. The summed E-state index contributed by atoms with van der Waals surface area (Å²) in [5.41, 5.74) is 0. The highest BCUT2D eigenvalue weighted by molar-refractivity contribution is 7.26. The predicted molar refractivity (Wildman–Crippen MR) is 71.7 cm³/mol. The molecular weight excluding hydrogens is 252 g/mol. The lowest BCUT2D eigenvalue weighted by Gasteiger charge is -2.09. The van der Waals surface area contributed by atoms with Gasteiger partial charge >= 0.3 is 0 Å². The molecule has 3 aromatic rings. The molecule has 0 aliphatic rings. The molecule has 3 nitrogen and oxygen atoms in total. The molecule has 0 saturated heterocycles. The van der Waals surface area contributed by atoms with Crippen LogP contribution in [-0.2, 0) is 6.54 Å². The van der Waals surface area contributed by atoms with Crippen molar-refractivity contribution in [1.29, 1.82) is 0 Å². The molecule has 0 aliphatic heterocycles. The average molecular weight is 264 g/mol. The second-order valence-corrected chi connectivity index (χ2v) is 5.83. The predicted octanol–water partition coefficient (Wildman–Crippen LogP) is 3.26. The summed E-state index contributed by atoms with van der Waals surface area (Å²) >= 11 is 3.34. The summed E-state index contributed by atoms with van der Waals surface area (Å²) in [5, 5.41) is 12.4. The summed E-state index contributed by atoms with van der Waals surface area (Å²) in [6.07, 6.45) is 3.02. The van der Waals surface area contributed by atoms with Gasteiger partial charge in [-0.05, 0) is 24.4 Å². The first-order chi connectivity index (χ1) is 8.29. The number of rotatable bonds is 3. The zero-order valence-electron chi connectivity index (χ0n) is 9.33. The van der Waals surface area contributed by atoms with E-state index in [1.165, 1.54) is 9.40 Å². The fourth-order valence-corrected chi connectivity index (χ4v) is 3.99. The van der Waals surface area contributed by atoms with Gasteiger partial charge in [-0.25, -0.2) is 4.98 Å². The van der Waals surface area contributed by atoms with Crippen molar-refractivity contribution in [1.82, 2.24) is 9.55 Å². The molecule has 0 fully saturated rings. The molecule has 3 aromatic heterocycles. The Labute approximate surface area is 107 Å². The standard InChI is InChI=1S/C12H12N2OS2/c1-2-14-5-4-13-12(14)11(15)10-7-9-8(17-10)3-6-16-9/h3-7,11,15H,2H2,1H3. The molecule has 0 aliphatic carbocycles. The van der Waals surface area contributed by atoms with E-state index in [2.05, 4.69) is 22.5 Å². The van der Waals surface area contributed by atoms with Crippen LogP contribution in [0.1, 0.15) is 23.7 Å². The number of aromatic nitrogens is 2. The Morgan fingerprint density at radius 1 is 1.47 bits per heavy atom. The lowest BCUT2D eigenvalue weighted by Crippen LogP contribution is -2.07. The number of thiophene rings is 2. The summed E-state index contributed by atoms with van der Waals surface area (Å²) in [7, 11) is 0. The highest BCUT2D eigenvalue weighted by atomic mass is 32.1.